The Bertz CT molecular complexity index is 806. The number of para-hydroxylation sites is 1. The number of imidazole rings is 1. The van der Waals surface area contributed by atoms with Crippen LogP contribution in [0.1, 0.15) is 18.7 Å². The number of pyridine rings is 1. The fourth-order valence-corrected chi connectivity index (χ4v) is 3.31. The molecule has 3 heterocycles. The van der Waals surface area contributed by atoms with Gasteiger partial charge in [-0.25, -0.2) is 4.98 Å². The lowest BCUT2D eigenvalue weighted by Gasteiger charge is -2.23. The van der Waals surface area contributed by atoms with Crippen molar-refractivity contribution < 1.29 is 9.84 Å². The molecule has 0 spiro atoms. The fourth-order valence-electron chi connectivity index (χ4n) is 3.31. The lowest BCUT2D eigenvalue weighted by atomic mass is 10.00. The molecule has 3 aromatic rings. The molecule has 5 heteroatoms. The number of aromatic nitrogens is 3. The summed E-state index contributed by atoms with van der Waals surface area (Å²) in [5, 5.41) is 10.8. The molecule has 5 nitrogen and oxygen atoms in total. The van der Waals surface area contributed by atoms with Crippen molar-refractivity contribution in [3.63, 3.8) is 0 Å². The van der Waals surface area contributed by atoms with Gasteiger partial charge in [0, 0.05) is 25.1 Å². The van der Waals surface area contributed by atoms with Gasteiger partial charge in [0.15, 0.2) is 0 Å². The molecule has 0 atom stereocenters. The maximum atomic E-state index is 9.69. The Labute approximate surface area is 128 Å². The molecule has 1 saturated heterocycles. The highest BCUT2D eigenvalue weighted by Crippen LogP contribution is 2.27. The van der Waals surface area contributed by atoms with Crippen LogP contribution in [-0.4, -0.2) is 32.9 Å². The predicted octanol–water partition coefficient (Wildman–Crippen LogP) is 2.50. The van der Waals surface area contributed by atoms with Crippen LogP contribution in [-0.2, 0) is 17.9 Å². The van der Waals surface area contributed by atoms with Crippen LogP contribution in [0.2, 0.25) is 0 Å². The van der Waals surface area contributed by atoms with Gasteiger partial charge < -0.3 is 14.4 Å². The van der Waals surface area contributed by atoms with Gasteiger partial charge in [0.2, 0.25) is 0 Å². The van der Waals surface area contributed by atoms with E-state index in [4.69, 9.17) is 4.74 Å². The third-order valence-electron chi connectivity index (χ3n) is 4.48. The summed E-state index contributed by atoms with van der Waals surface area (Å²) >= 11 is 0. The second-order valence-electron chi connectivity index (χ2n) is 5.86. The summed E-state index contributed by atoms with van der Waals surface area (Å²) in [4.78, 5) is 9.03. The van der Waals surface area contributed by atoms with Crippen molar-refractivity contribution in [3.05, 3.63) is 36.3 Å². The maximum Gasteiger partial charge on any atom is 0.135 e. The highest BCUT2D eigenvalue weighted by molar-refractivity contribution is 6.02. The highest BCUT2D eigenvalue weighted by Gasteiger charge is 2.19. The monoisotopic (exact) mass is 297 g/mol. The van der Waals surface area contributed by atoms with Gasteiger partial charge in [-0.2, -0.15) is 0 Å². The molecule has 22 heavy (non-hydrogen) atoms. The first-order valence-electron chi connectivity index (χ1n) is 7.78. The van der Waals surface area contributed by atoms with Gasteiger partial charge >= 0.3 is 0 Å². The highest BCUT2D eigenvalue weighted by atomic mass is 16.5. The molecular formula is C17H19N3O2. The number of benzene rings is 1. The first kappa shape index (κ1) is 13.7. The third-order valence-corrected chi connectivity index (χ3v) is 4.48. The molecule has 1 aromatic carbocycles. The van der Waals surface area contributed by atoms with Gasteiger partial charge in [0.05, 0.1) is 17.2 Å². The van der Waals surface area contributed by atoms with Crippen LogP contribution in [0, 0.1) is 5.92 Å². The number of hydrogen-bond donors (Lipinski definition) is 1. The summed E-state index contributed by atoms with van der Waals surface area (Å²) in [6.07, 6.45) is 3.93. The molecule has 4 rings (SSSR count). The van der Waals surface area contributed by atoms with E-state index in [0.29, 0.717) is 5.92 Å². The number of rotatable bonds is 3. The van der Waals surface area contributed by atoms with Gasteiger partial charge in [-0.1, -0.05) is 18.2 Å². The Morgan fingerprint density at radius 3 is 2.82 bits per heavy atom. The zero-order chi connectivity index (χ0) is 14.9. The first-order chi connectivity index (χ1) is 10.9. The van der Waals surface area contributed by atoms with E-state index < -0.39 is 0 Å². The van der Waals surface area contributed by atoms with Crippen LogP contribution in [0.4, 0.5) is 0 Å². The van der Waals surface area contributed by atoms with Crippen LogP contribution in [0.25, 0.3) is 21.9 Å². The number of fused-ring (bicyclic) bond motifs is 3. The van der Waals surface area contributed by atoms with E-state index in [1.807, 2.05) is 18.2 Å². The predicted molar refractivity (Wildman–Crippen MR) is 84.5 cm³/mol. The van der Waals surface area contributed by atoms with Crippen molar-refractivity contribution in [1.82, 2.24) is 14.5 Å². The summed E-state index contributed by atoms with van der Waals surface area (Å²) in [6, 6.07) is 8.11. The van der Waals surface area contributed by atoms with Crippen molar-refractivity contribution in [2.75, 3.05) is 13.2 Å². The second kappa shape index (κ2) is 5.66. The summed E-state index contributed by atoms with van der Waals surface area (Å²) in [7, 11) is 0. The quantitative estimate of drug-likeness (QED) is 0.807. The number of ether oxygens (including phenoxy) is 1. The Morgan fingerprint density at radius 1 is 1.18 bits per heavy atom. The van der Waals surface area contributed by atoms with E-state index in [0.717, 1.165) is 60.4 Å². The number of aliphatic hydroxyl groups is 1. The van der Waals surface area contributed by atoms with Gasteiger partial charge in [-0.15, -0.1) is 0 Å². The molecule has 0 amide bonds. The minimum atomic E-state index is -0.0494. The SMILES string of the molecule is OCc1nc2cnc3ccccc3c2n1CC1CCOCC1. The van der Waals surface area contributed by atoms with E-state index in [1.54, 1.807) is 6.20 Å². The zero-order valence-electron chi connectivity index (χ0n) is 12.4. The molecule has 1 aliphatic rings. The average Bonchev–Trinajstić information content (AvgIpc) is 2.94. The smallest absolute Gasteiger partial charge is 0.135 e. The first-order valence-corrected chi connectivity index (χ1v) is 7.78. The Morgan fingerprint density at radius 2 is 2.00 bits per heavy atom. The minimum absolute atomic E-state index is 0.0494. The van der Waals surface area contributed by atoms with E-state index in [9.17, 15) is 5.11 Å². The standard InChI is InChI=1S/C17H19N3O2/c21-11-16-19-15-9-18-14-4-2-1-3-13(14)17(15)20(16)10-12-5-7-22-8-6-12/h1-4,9,12,21H,5-8,10-11H2. The van der Waals surface area contributed by atoms with Crippen LogP contribution < -0.4 is 0 Å². The summed E-state index contributed by atoms with van der Waals surface area (Å²) in [5.41, 5.74) is 2.91. The Balaban J connectivity index is 1.88. The number of hydrogen-bond acceptors (Lipinski definition) is 4. The second-order valence-corrected chi connectivity index (χ2v) is 5.86. The molecule has 114 valence electrons. The molecule has 0 saturated carbocycles. The van der Waals surface area contributed by atoms with Crippen molar-refractivity contribution >= 4 is 21.9 Å². The fraction of sp³-hybridized carbons (Fsp3) is 0.412. The molecular weight excluding hydrogens is 278 g/mol. The summed E-state index contributed by atoms with van der Waals surface area (Å²) in [5.74, 6) is 1.29. The molecule has 0 unspecified atom stereocenters. The normalized spacial score (nSPS) is 16.6. The summed E-state index contributed by atoms with van der Waals surface area (Å²) in [6.45, 7) is 2.48. The third kappa shape index (κ3) is 2.26. The molecule has 2 aromatic heterocycles. The van der Waals surface area contributed by atoms with Crippen molar-refractivity contribution in [2.24, 2.45) is 5.92 Å². The molecule has 0 radical (unpaired) electrons. The van der Waals surface area contributed by atoms with Crippen LogP contribution in [0.15, 0.2) is 30.5 Å². The molecule has 1 N–H and O–H groups in total. The van der Waals surface area contributed by atoms with Gasteiger partial charge in [0.1, 0.15) is 17.9 Å². The zero-order valence-corrected chi connectivity index (χ0v) is 12.4. The van der Waals surface area contributed by atoms with E-state index >= 15 is 0 Å². The maximum absolute atomic E-state index is 9.69. The van der Waals surface area contributed by atoms with Crippen molar-refractivity contribution in [3.8, 4) is 0 Å². The van der Waals surface area contributed by atoms with Crippen molar-refractivity contribution in [1.29, 1.82) is 0 Å². The minimum Gasteiger partial charge on any atom is -0.388 e. The summed E-state index contributed by atoms with van der Waals surface area (Å²) < 4.78 is 7.62. The van der Waals surface area contributed by atoms with Crippen LogP contribution >= 0.6 is 0 Å². The average molecular weight is 297 g/mol. The Hall–Kier alpha value is -1.98. The van der Waals surface area contributed by atoms with E-state index in [1.165, 1.54) is 0 Å². The lowest BCUT2D eigenvalue weighted by Crippen LogP contribution is -2.21. The number of nitrogens with zero attached hydrogens (tertiary/aromatic N) is 3. The molecule has 0 aliphatic carbocycles. The Kier molecular flexibility index (Phi) is 3.52. The van der Waals surface area contributed by atoms with E-state index in [2.05, 4.69) is 20.6 Å². The topological polar surface area (TPSA) is 60.2 Å². The van der Waals surface area contributed by atoms with E-state index in [-0.39, 0.29) is 6.61 Å². The van der Waals surface area contributed by atoms with Crippen molar-refractivity contribution in [2.45, 2.75) is 26.0 Å². The van der Waals surface area contributed by atoms with Crippen LogP contribution in [0.3, 0.4) is 0 Å². The molecule has 1 aliphatic heterocycles. The van der Waals surface area contributed by atoms with Gasteiger partial charge in [-0.05, 0) is 24.8 Å². The number of aliphatic hydroxyl groups excluding tert-OH is 1. The van der Waals surface area contributed by atoms with Gasteiger partial charge in [-0.3, -0.25) is 4.98 Å². The molecule has 0 bridgehead atoms. The largest absolute Gasteiger partial charge is 0.388 e. The molecule has 1 fully saturated rings. The van der Waals surface area contributed by atoms with Gasteiger partial charge in [0.25, 0.3) is 0 Å². The lowest BCUT2D eigenvalue weighted by molar-refractivity contribution is 0.0610. The van der Waals surface area contributed by atoms with Crippen LogP contribution in [0.5, 0.6) is 0 Å².